The topological polar surface area (TPSA) is 9.23 Å². The van der Waals surface area contributed by atoms with Crippen molar-refractivity contribution in [3.8, 4) is 5.75 Å². The van der Waals surface area contributed by atoms with Gasteiger partial charge in [0.1, 0.15) is 5.75 Å². The SMILES string of the molecule is CCCCCC1CCC(CCc2ccc(OCC3CCC(CCCCC)CC3)cc2)CC1. The number of benzene rings is 1. The molecule has 0 radical (unpaired) electrons. The van der Waals surface area contributed by atoms with Gasteiger partial charge in [0.15, 0.2) is 0 Å². The van der Waals surface area contributed by atoms with Gasteiger partial charge in [0.05, 0.1) is 6.61 Å². The van der Waals surface area contributed by atoms with Crippen molar-refractivity contribution in [1.29, 1.82) is 0 Å². The van der Waals surface area contributed by atoms with E-state index in [1.807, 2.05) is 0 Å². The first kappa shape index (κ1) is 25.6. The number of ether oxygens (including phenoxy) is 1. The summed E-state index contributed by atoms with van der Waals surface area (Å²) in [5.74, 6) is 4.84. The summed E-state index contributed by atoms with van der Waals surface area (Å²) in [5.41, 5.74) is 1.50. The number of aryl methyl sites for hydroxylation is 1. The fourth-order valence-electron chi connectivity index (χ4n) is 6.20. The summed E-state index contributed by atoms with van der Waals surface area (Å²) >= 11 is 0. The van der Waals surface area contributed by atoms with E-state index in [1.165, 1.54) is 121 Å². The standard InChI is InChI=1S/C31H52O/c1-3-5-7-9-26-11-13-28(14-12-26)15-16-29-21-23-31(24-22-29)32-25-30-19-17-27(18-20-30)10-8-6-4-2/h21-24,26-28,30H,3-20,25H2,1-2H3. The molecule has 0 saturated heterocycles. The Balaban J connectivity index is 1.26. The number of hydrogen-bond acceptors (Lipinski definition) is 1. The normalized spacial score (nSPS) is 26.2. The van der Waals surface area contributed by atoms with E-state index in [4.69, 9.17) is 4.74 Å². The number of rotatable bonds is 14. The lowest BCUT2D eigenvalue weighted by Gasteiger charge is -2.28. The van der Waals surface area contributed by atoms with Crippen LogP contribution >= 0.6 is 0 Å². The Bertz CT molecular complexity index is 522. The summed E-state index contributed by atoms with van der Waals surface area (Å²) in [6.45, 7) is 5.54. The van der Waals surface area contributed by atoms with Gasteiger partial charge in [0, 0.05) is 0 Å². The molecule has 2 saturated carbocycles. The van der Waals surface area contributed by atoms with Gasteiger partial charge in [-0.05, 0) is 67.1 Å². The van der Waals surface area contributed by atoms with Gasteiger partial charge >= 0.3 is 0 Å². The van der Waals surface area contributed by atoms with E-state index in [1.54, 1.807) is 0 Å². The molecule has 0 amide bonds. The Morgan fingerprint density at radius 1 is 0.594 bits per heavy atom. The van der Waals surface area contributed by atoms with Gasteiger partial charge in [-0.25, -0.2) is 0 Å². The highest BCUT2D eigenvalue weighted by Gasteiger charge is 2.22. The predicted molar refractivity (Wildman–Crippen MR) is 139 cm³/mol. The molecule has 1 nitrogen and oxygen atoms in total. The maximum atomic E-state index is 6.18. The van der Waals surface area contributed by atoms with Crippen LogP contribution < -0.4 is 4.74 Å². The maximum absolute atomic E-state index is 6.18. The van der Waals surface area contributed by atoms with E-state index in [0.717, 1.165) is 36.0 Å². The molecule has 1 heteroatoms. The smallest absolute Gasteiger partial charge is 0.119 e. The zero-order valence-electron chi connectivity index (χ0n) is 21.5. The lowest BCUT2D eigenvalue weighted by molar-refractivity contribution is 0.177. The summed E-state index contributed by atoms with van der Waals surface area (Å²) in [6.07, 6.45) is 25.5. The highest BCUT2D eigenvalue weighted by Crippen LogP contribution is 2.35. The van der Waals surface area contributed by atoms with Crippen LogP contribution in [0.5, 0.6) is 5.75 Å². The van der Waals surface area contributed by atoms with Crippen molar-refractivity contribution in [1.82, 2.24) is 0 Å². The predicted octanol–water partition coefficient (Wildman–Crippen LogP) is 9.77. The molecular formula is C31H52O. The average molecular weight is 441 g/mol. The van der Waals surface area contributed by atoms with Crippen LogP contribution in [0.15, 0.2) is 24.3 Å². The molecule has 182 valence electrons. The van der Waals surface area contributed by atoms with Gasteiger partial charge in [-0.15, -0.1) is 0 Å². The molecule has 0 bridgehead atoms. The Morgan fingerprint density at radius 2 is 1.06 bits per heavy atom. The molecule has 1 aromatic carbocycles. The second-order valence-electron chi connectivity index (χ2n) is 11.3. The van der Waals surface area contributed by atoms with Crippen LogP contribution in [0.3, 0.4) is 0 Å². The van der Waals surface area contributed by atoms with Crippen LogP contribution in [0.2, 0.25) is 0 Å². The van der Waals surface area contributed by atoms with Crippen molar-refractivity contribution < 1.29 is 4.74 Å². The minimum atomic E-state index is 0.772. The molecule has 32 heavy (non-hydrogen) atoms. The summed E-state index contributed by atoms with van der Waals surface area (Å²) in [4.78, 5) is 0. The molecule has 0 spiro atoms. The monoisotopic (exact) mass is 440 g/mol. The van der Waals surface area contributed by atoms with Crippen LogP contribution in [0, 0.1) is 23.7 Å². The average Bonchev–Trinajstić information content (AvgIpc) is 2.84. The molecule has 0 atom stereocenters. The van der Waals surface area contributed by atoms with E-state index < -0.39 is 0 Å². The van der Waals surface area contributed by atoms with Gasteiger partial charge in [0.2, 0.25) is 0 Å². The lowest BCUT2D eigenvalue weighted by atomic mass is 9.78. The molecule has 3 rings (SSSR count). The summed E-state index contributed by atoms with van der Waals surface area (Å²) in [5, 5.41) is 0. The van der Waals surface area contributed by atoms with Crippen molar-refractivity contribution in [3.05, 3.63) is 29.8 Å². The molecule has 2 aliphatic rings. The van der Waals surface area contributed by atoms with E-state index in [-0.39, 0.29) is 0 Å². The molecule has 2 aliphatic carbocycles. The van der Waals surface area contributed by atoms with E-state index in [2.05, 4.69) is 38.1 Å². The highest BCUT2D eigenvalue weighted by molar-refractivity contribution is 5.27. The van der Waals surface area contributed by atoms with Crippen LogP contribution in [0.1, 0.15) is 129 Å². The molecule has 2 fully saturated rings. The first-order valence-corrected chi connectivity index (χ1v) is 14.5. The van der Waals surface area contributed by atoms with Crippen molar-refractivity contribution in [2.24, 2.45) is 23.7 Å². The third-order valence-electron chi connectivity index (χ3n) is 8.61. The van der Waals surface area contributed by atoms with E-state index >= 15 is 0 Å². The van der Waals surface area contributed by atoms with Crippen molar-refractivity contribution >= 4 is 0 Å². The first-order chi connectivity index (χ1) is 15.8. The Morgan fingerprint density at radius 3 is 1.56 bits per heavy atom. The summed E-state index contributed by atoms with van der Waals surface area (Å²) in [6, 6.07) is 9.07. The fraction of sp³-hybridized carbons (Fsp3) is 0.806. The van der Waals surface area contributed by atoms with Crippen LogP contribution in [0.25, 0.3) is 0 Å². The third kappa shape index (κ3) is 9.48. The van der Waals surface area contributed by atoms with Crippen molar-refractivity contribution in [3.63, 3.8) is 0 Å². The van der Waals surface area contributed by atoms with E-state index in [9.17, 15) is 0 Å². The van der Waals surface area contributed by atoms with Crippen LogP contribution in [0.4, 0.5) is 0 Å². The fourth-order valence-corrected chi connectivity index (χ4v) is 6.20. The molecule has 1 aromatic rings. The Kier molecular flexibility index (Phi) is 12.0. The number of unbranched alkanes of at least 4 members (excludes halogenated alkanes) is 4. The zero-order valence-corrected chi connectivity index (χ0v) is 21.5. The minimum absolute atomic E-state index is 0.772. The van der Waals surface area contributed by atoms with Crippen molar-refractivity contribution in [2.45, 2.75) is 129 Å². The molecule has 0 heterocycles. The first-order valence-electron chi connectivity index (χ1n) is 14.5. The second-order valence-corrected chi connectivity index (χ2v) is 11.3. The molecule has 0 aromatic heterocycles. The highest BCUT2D eigenvalue weighted by atomic mass is 16.5. The van der Waals surface area contributed by atoms with E-state index in [0.29, 0.717) is 0 Å². The third-order valence-corrected chi connectivity index (χ3v) is 8.61. The molecular weight excluding hydrogens is 388 g/mol. The van der Waals surface area contributed by atoms with Crippen LogP contribution in [-0.2, 0) is 6.42 Å². The summed E-state index contributed by atoms with van der Waals surface area (Å²) in [7, 11) is 0. The van der Waals surface area contributed by atoms with Gasteiger partial charge in [-0.2, -0.15) is 0 Å². The minimum Gasteiger partial charge on any atom is -0.493 e. The molecule has 0 N–H and O–H groups in total. The summed E-state index contributed by atoms with van der Waals surface area (Å²) < 4.78 is 6.18. The number of hydrogen-bond donors (Lipinski definition) is 0. The largest absolute Gasteiger partial charge is 0.493 e. The lowest BCUT2D eigenvalue weighted by Crippen LogP contribution is -2.20. The molecule has 0 unspecified atom stereocenters. The zero-order chi connectivity index (χ0) is 22.4. The molecule has 0 aliphatic heterocycles. The van der Waals surface area contributed by atoms with Gasteiger partial charge in [-0.1, -0.05) is 116 Å². The quantitative estimate of drug-likeness (QED) is 0.261. The maximum Gasteiger partial charge on any atom is 0.119 e. The van der Waals surface area contributed by atoms with Crippen LogP contribution in [-0.4, -0.2) is 6.61 Å². The second kappa shape index (κ2) is 15.0. The van der Waals surface area contributed by atoms with Gasteiger partial charge in [-0.3, -0.25) is 0 Å². The Labute approximate surface area is 200 Å². The van der Waals surface area contributed by atoms with Gasteiger partial charge < -0.3 is 4.74 Å². The Hall–Kier alpha value is -0.980. The van der Waals surface area contributed by atoms with Crippen molar-refractivity contribution in [2.75, 3.05) is 6.61 Å². The van der Waals surface area contributed by atoms with Gasteiger partial charge in [0.25, 0.3) is 0 Å².